The highest BCUT2D eigenvalue weighted by molar-refractivity contribution is 5.35. The molecule has 2 aromatic rings. The van der Waals surface area contributed by atoms with Crippen molar-refractivity contribution in [2.45, 2.75) is 32.5 Å². The summed E-state index contributed by atoms with van der Waals surface area (Å²) in [5, 5.41) is 13.9. The summed E-state index contributed by atoms with van der Waals surface area (Å²) in [5.41, 5.74) is 0.578. The van der Waals surface area contributed by atoms with E-state index in [9.17, 15) is 9.90 Å². The number of aliphatic hydroxyl groups is 1. The fraction of sp³-hybridized carbons (Fsp3) is 0.571. The molecule has 3 rings (SSSR count). The lowest BCUT2D eigenvalue weighted by Gasteiger charge is -2.32. The molecule has 1 fully saturated rings. The highest BCUT2D eigenvalue weighted by Gasteiger charge is 2.23. The topological polar surface area (TPSA) is 62.8 Å². The van der Waals surface area contributed by atoms with Crippen molar-refractivity contribution in [1.82, 2.24) is 19.1 Å². The van der Waals surface area contributed by atoms with Crippen molar-refractivity contribution in [1.29, 1.82) is 0 Å². The monoisotopic (exact) mass is 276 g/mol. The fourth-order valence-corrected chi connectivity index (χ4v) is 2.83. The molecule has 0 aromatic carbocycles. The van der Waals surface area contributed by atoms with E-state index in [0.717, 1.165) is 25.9 Å². The molecule has 1 aliphatic rings. The summed E-state index contributed by atoms with van der Waals surface area (Å²) in [4.78, 5) is 14.4. The van der Waals surface area contributed by atoms with Crippen molar-refractivity contribution < 1.29 is 5.11 Å². The fourth-order valence-electron chi connectivity index (χ4n) is 2.83. The predicted molar refractivity (Wildman–Crippen MR) is 75.4 cm³/mol. The van der Waals surface area contributed by atoms with Crippen LogP contribution in [0.15, 0.2) is 29.2 Å². The van der Waals surface area contributed by atoms with Gasteiger partial charge in [-0.2, -0.15) is 4.68 Å². The van der Waals surface area contributed by atoms with Crippen LogP contribution in [0.4, 0.5) is 0 Å². The molecule has 20 heavy (non-hydrogen) atoms. The van der Waals surface area contributed by atoms with Gasteiger partial charge in [0.2, 0.25) is 0 Å². The van der Waals surface area contributed by atoms with Crippen molar-refractivity contribution in [2.75, 3.05) is 13.1 Å². The molecule has 0 bridgehead atoms. The lowest BCUT2D eigenvalue weighted by atomic mass is 9.92. The van der Waals surface area contributed by atoms with E-state index < -0.39 is 0 Å². The minimum Gasteiger partial charge on any atom is -0.393 e. The molecule has 1 saturated heterocycles. The zero-order chi connectivity index (χ0) is 14.1. The Balaban J connectivity index is 1.72. The zero-order valence-corrected chi connectivity index (χ0v) is 11.6. The van der Waals surface area contributed by atoms with Crippen LogP contribution in [0.1, 0.15) is 19.8 Å². The number of nitrogens with zero attached hydrogens (tertiary/aromatic N) is 4. The minimum absolute atomic E-state index is 0.0988. The standard InChI is InChI=1S/C14H20N4O2/c1-11(19)12-5-8-16(9-6-12)10-18-14(20)17-7-3-2-4-13(17)15-18/h2-4,7,11-12,19H,5-6,8-10H2,1H3. The molecule has 1 unspecified atom stereocenters. The van der Waals surface area contributed by atoms with Crippen LogP contribution < -0.4 is 5.69 Å². The van der Waals surface area contributed by atoms with Gasteiger partial charge in [-0.1, -0.05) is 6.07 Å². The average Bonchev–Trinajstić information content (AvgIpc) is 2.77. The molecule has 2 aromatic heterocycles. The summed E-state index contributed by atoms with van der Waals surface area (Å²) in [7, 11) is 0. The summed E-state index contributed by atoms with van der Waals surface area (Å²) in [5.74, 6) is 0.379. The van der Waals surface area contributed by atoms with E-state index in [1.807, 2.05) is 25.1 Å². The number of likely N-dealkylation sites (tertiary alicyclic amines) is 1. The third-order valence-corrected chi connectivity index (χ3v) is 4.14. The second-order valence-electron chi connectivity index (χ2n) is 5.55. The maximum Gasteiger partial charge on any atom is 0.351 e. The van der Waals surface area contributed by atoms with E-state index in [1.54, 1.807) is 10.6 Å². The van der Waals surface area contributed by atoms with E-state index >= 15 is 0 Å². The van der Waals surface area contributed by atoms with E-state index in [-0.39, 0.29) is 11.8 Å². The number of aliphatic hydroxyl groups excluding tert-OH is 1. The van der Waals surface area contributed by atoms with Crippen LogP contribution >= 0.6 is 0 Å². The Kier molecular flexibility index (Phi) is 3.58. The molecule has 6 heteroatoms. The Morgan fingerprint density at radius 2 is 2.15 bits per heavy atom. The number of hydrogen-bond donors (Lipinski definition) is 1. The number of aromatic nitrogens is 3. The quantitative estimate of drug-likeness (QED) is 0.889. The highest BCUT2D eigenvalue weighted by Crippen LogP contribution is 2.20. The van der Waals surface area contributed by atoms with Crippen LogP contribution in [-0.4, -0.2) is 43.4 Å². The number of piperidine rings is 1. The third kappa shape index (κ3) is 2.48. The summed E-state index contributed by atoms with van der Waals surface area (Å²) >= 11 is 0. The maximum atomic E-state index is 12.2. The summed E-state index contributed by atoms with van der Waals surface area (Å²) in [6.07, 6.45) is 3.44. The Bertz CT molecular complexity index is 638. The summed E-state index contributed by atoms with van der Waals surface area (Å²) in [6, 6.07) is 5.53. The van der Waals surface area contributed by atoms with Crippen molar-refractivity contribution in [3.05, 3.63) is 34.9 Å². The van der Waals surface area contributed by atoms with Crippen molar-refractivity contribution in [3.8, 4) is 0 Å². The summed E-state index contributed by atoms with van der Waals surface area (Å²) < 4.78 is 3.07. The molecule has 0 spiro atoms. The Morgan fingerprint density at radius 3 is 2.80 bits per heavy atom. The van der Waals surface area contributed by atoms with Crippen LogP contribution in [0.25, 0.3) is 5.65 Å². The summed E-state index contributed by atoms with van der Waals surface area (Å²) in [6.45, 7) is 4.17. The van der Waals surface area contributed by atoms with Crippen LogP contribution in [0, 0.1) is 5.92 Å². The van der Waals surface area contributed by atoms with Gasteiger partial charge in [-0.25, -0.2) is 4.79 Å². The molecule has 0 amide bonds. The highest BCUT2D eigenvalue weighted by atomic mass is 16.3. The van der Waals surface area contributed by atoms with Crippen molar-refractivity contribution in [2.24, 2.45) is 5.92 Å². The van der Waals surface area contributed by atoms with Gasteiger partial charge in [0.1, 0.15) is 0 Å². The van der Waals surface area contributed by atoms with Crippen molar-refractivity contribution >= 4 is 5.65 Å². The van der Waals surface area contributed by atoms with E-state index in [1.165, 1.54) is 4.68 Å². The lowest BCUT2D eigenvalue weighted by molar-refractivity contribution is 0.0589. The third-order valence-electron chi connectivity index (χ3n) is 4.14. The molecule has 1 N–H and O–H groups in total. The van der Waals surface area contributed by atoms with Gasteiger partial charge in [0, 0.05) is 19.3 Å². The van der Waals surface area contributed by atoms with Crippen molar-refractivity contribution in [3.63, 3.8) is 0 Å². The van der Waals surface area contributed by atoms with Crippen LogP contribution in [-0.2, 0) is 6.67 Å². The first kappa shape index (κ1) is 13.3. The largest absolute Gasteiger partial charge is 0.393 e. The number of hydrogen-bond acceptors (Lipinski definition) is 4. The van der Waals surface area contributed by atoms with E-state index in [2.05, 4.69) is 10.00 Å². The van der Waals surface area contributed by atoms with Gasteiger partial charge in [0.05, 0.1) is 12.8 Å². The van der Waals surface area contributed by atoms with Crippen LogP contribution in [0.5, 0.6) is 0 Å². The van der Waals surface area contributed by atoms with Gasteiger partial charge in [0.15, 0.2) is 5.65 Å². The normalized spacial score (nSPS) is 19.5. The molecule has 1 aliphatic heterocycles. The molecular weight excluding hydrogens is 256 g/mol. The molecule has 108 valence electrons. The molecule has 0 radical (unpaired) electrons. The van der Waals surface area contributed by atoms with Gasteiger partial charge in [-0.3, -0.25) is 9.30 Å². The minimum atomic E-state index is -0.241. The first-order valence-corrected chi connectivity index (χ1v) is 7.10. The maximum absolute atomic E-state index is 12.2. The number of fused-ring (bicyclic) bond motifs is 1. The van der Waals surface area contributed by atoms with Gasteiger partial charge >= 0.3 is 5.69 Å². The van der Waals surface area contributed by atoms with Crippen LogP contribution in [0.3, 0.4) is 0 Å². The number of rotatable bonds is 3. The molecule has 0 aliphatic carbocycles. The SMILES string of the molecule is CC(O)C1CCN(Cn2nc3ccccn3c2=O)CC1. The zero-order valence-electron chi connectivity index (χ0n) is 11.6. The Hall–Kier alpha value is -1.66. The number of pyridine rings is 1. The predicted octanol–water partition coefficient (Wildman–Crippen LogP) is 0.546. The first-order valence-electron chi connectivity index (χ1n) is 7.10. The average molecular weight is 276 g/mol. The molecule has 0 saturated carbocycles. The molecular formula is C14H20N4O2. The van der Waals surface area contributed by atoms with Crippen LogP contribution in [0.2, 0.25) is 0 Å². The van der Waals surface area contributed by atoms with Gasteiger partial charge in [0.25, 0.3) is 0 Å². The second kappa shape index (κ2) is 5.38. The van der Waals surface area contributed by atoms with Gasteiger partial charge < -0.3 is 5.11 Å². The van der Waals surface area contributed by atoms with E-state index in [4.69, 9.17) is 0 Å². The molecule has 3 heterocycles. The lowest BCUT2D eigenvalue weighted by Crippen LogP contribution is -2.40. The second-order valence-corrected chi connectivity index (χ2v) is 5.55. The van der Waals surface area contributed by atoms with E-state index in [0.29, 0.717) is 18.2 Å². The first-order chi connectivity index (χ1) is 9.65. The Labute approximate surface area is 117 Å². The molecule has 6 nitrogen and oxygen atoms in total. The smallest absolute Gasteiger partial charge is 0.351 e. The Morgan fingerprint density at radius 1 is 1.40 bits per heavy atom. The van der Waals surface area contributed by atoms with Gasteiger partial charge in [-0.05, 0) is 37.8 Å². The molecule has 1 atom stereocenters. The van der Waals surface area contributed by atoms with Gasteiger partial charge in [-0.15, -0.1) is 5.10 Å².